The molecular formula is C16H16Cl2N2O. The second-order valence-corrected chi connectivity index (χ2v) is 5.64. The topological polar surface area (TPSA) is 42.0 Å². The standard InChI is InChI=1S/C16H16Cl2N2O/c1-3-10(2)11-4-6-12(7-5-11)19-16(21)15-13(17)8-9-14(18)20-15/h4-10H,3H2,1-2H3,(H,19,21). The monoisotopic (exact) mass is 322 g/mol. The Balaban J connectivity index is 2.14. The van der Waals surface area contributed by atoms with Crippen LogP contribution in [-0.2, 0) is 0 Å². The lowest BCUT2D eigenvalue weighted by molar-refractivity contribution is 0.102. The Morgan fingerprint density at radius 1 is 1.19 bits per heavy atom. The molecule has 110 valence electrons. The van der Waals surface area contributed by atoms with Gasteiger partial charge in [0.1, 0.15) is 10.8 Å². The number of aromatic nitrogens is 1. The summed E-state index contributed by atoms with van der Waals surface area (Å²) in [4.78, 5) is 16.1. The molecule has 1 N–H and O–H groups in total. The average Bonchev–Trinajstić information content (AvgIpc) is 2.49. The van der Waals surface area contributed by atoms with Gasteiger partial charge in [0.05, 0.1) is 5.02 Å². The van der Waals surface area contributed by atoms with Gasteiger partial charge in [-0.15, -0.1) is 0 Å². The summed E-state index contributed by atoms with van der Waals surface area (Å²) in [5.41, 5.74) is 2.06. The Morgan fingerprint density at radius 3 is 2.48 bits per heavy atom. The third-order valence-corrected chi connectivity index (χ3v) is 3.89. The number of rotatable bonds is 4. The van der Waals surface area contributed by atoms with E-state index in [4.69, 9.17) is 23.2 Å². The van der Waals surface area contributed by atoms with Crippen molar-refractivity contribution in [2.24, 2.45) is 0 Å². The molecule has 1 heterocycles. The van der Waals surface area contributed by atoms with Crippen LogP contribution in [-0.4, -0.2) is 10.9 Å². The fourth-order valence-corrected chi connectivity index (χ4v) is 2.24. The third kappa shape index (κ3) is 3.96. The van der Waals surface area contributed by atoms with Crippen molar-refractivity contribution in [3.63, 3.8) is 0 Å². The summed E-state index contributed by atoms with van der Waals surface area (Å²) in [5, 5.41) is 3.27. The molecule has 0 spiro atoms. The number of nitrogens with one attached hydrogen (secondary N) is 1. The third-order valence-electron chi connectivity index (χ3n) is 3.38. The van der Waals surface area contributed by atoms with Crippen LogP contribution in [0, 0.1) is 0 Å². The van der Waals surface area contributed by atoms with Crippen molar-refractivity contribution in [1.29, 1.82) is 0 Å². The van der Waals surface area contributed by atoms with Gasteiger partial charge in [0.2, 0.25) is 0 Å². The Kier molecular flexibility index (Phi) is 5.21. The van der Waals surface area contributed by atoms with Crippen molar-refractivity contribution >= 4 is 34.8 Å². The summed E-state index contributed by atoms with van der Waals surface area (Å²) in [6.45, 7) is 4.32. The lowest BCUT2D eigenvalue weighted by Crippen LogP contribution is -2.14. The molecule has 1 unspecified atom stereocenters. The number of benzene rings is 1. The Morgan fingerprint density at radius 2 is 1.86 bits per heavy atom. The molecule has 1 atom stereocenters. The van der Waals surface area contributed by atoms with E-state index in [1.54, 1.807) is 12.1 Å². The molecule has 3 nitrogen and oxygen atoms in total. The van der Waals surface area contributed by atoms with Crippen molar-refractivity contribution in [3.8, 4) is 0 Å². The maximum atomic E-state index is 12.1. The molecule has 0 saturated heterocycles. The predicted molar refractivity (Wildman–Crippen MR) is 87.4 cm³/mol. The lowest BCUT2D eigenvalue weighted by atomic mass is 9.99. The van der Waals surface area contributed by atoms with Crippen molar-refractivity contribution in [2.45, 2.75) is 26.2 Å². The first kappa shape index (κ1) is 15.8. The number of anilines is 1. The quantitative estimate of drug-likeness (QED) is 0.790. The summed E-state index contributed by atoms with van der Waals surface area (Å²) in [7, 11) is 0. The maximum Gasteiger partial charge on any atom is 0.275 e. The molecule has 0 aliphatic heterocycles. The fourth-order valence-electron chi connectivity index (χ4n) is 1.90. The first-order valence-corrected chi connectivity index (χ1v) is 7.50. The van der Waals surface area contributed by atoms with Crippen molar-refractivity contribution in [2.75, 3.05) is 5.32 Å². The van der Waals surface area contributed by atoms with Crippen LogP contribution in [0.5, 0.6) is 0 Å². The van der Waals surface area contributed by atoms with Crippen molar-refractivity contribution < 1.29 is 4.79 Å². The van der Waals surface area contributed by atoms with Gasteiger partial charge in [0.15, 0.2) is 0 Å². The largest absolute Gasteiger partial charge is 0.321 e. The van der Waals surface area contributed by atoms with E-state index in [1.165, 1.54) is 5.56 Å². The van der Waals surface area contributed by atoms with Crippen LogP contribution in [0.1, 0.15) is 42.2 Å². The molecule has 1 aromatic carbocycles. The zero-order valence-electron chi connectivity index (χ0n) is 11.9. The van der Waals surface area contributed by atoms with Gasteiger partial charge in [-0.1, -0.05) is 49.2 Å². The zero-order valence-corrected chi connectivity index (χ0v) is 13.4. The van der Waals surface area contributed by atoms with E-state index < -0.39 is 0 Å². The second-order valence-electron chi connectivity index (χ2n) is 4.85. The molecule has 0 radical (unpaired) electrons. The highest BCUT2D eigenvalue weighted by Crippen LogP contribution is 2.22. The van der Waals surface area contributed by atoms with E-state index in [1.807, 2.05) is 24.3 Å². The van der Waals surface area contributed by atoms with Gasteiger partial charge >= 0.3 is 0 Å². The number of carbonyl (C=O) groups excluding carboxylic acids is 1. The molecule has 2 aromatic rings. The highest BCUT2D eigenvalue weighted by molar-refractivity contribution is 6.35. The summed E-state index contributed by atoms with van der Waals surface area (Å²) in [5.74, 6) is 0.123. The fraction of sp³-hybridized carbons (Fsp3) is 0.250. The molecule has 5 heteroatoms. The van der Waals surface area contributed by atoms with E-state index in [9.17, 15) is 4.79 Å². The van der Waals surface area contributed by atoms with Crippen LogP contribution in [0.25, 0.3) is 0 Å². The highest BCUT2D eigenvalue weighted by atomic mass is 35.5. The molecule has 1 amide bonds. The molecular weight excluding hydrogens is 307 g/mol. The molecule has 21 heavy (non-hydrogen) atoms. The Labute approximate surface area is 134 Å². The number of hydrogen-bond acceptors (Lipinski definition) is 2. The number of pyridine rings is 1. The van der Waals surface area contributed by atoms with E-state index in [0.29, 0.717) is 11.6 Å². The van der Waals surface area contributed by atoms with Gasteiger partial charge in [-0.25, -0.2) is 4.98 Å². The highest BCUT2D eigenvalue weighted by Gasteiger charge is 2.13. The van der Waals surface area contributed by atoms with Crippen LogP contribution < -0.4 is 5.32 Å². The Hall–Kier alpha value is -1.58. The summed E-state index contributed by atoms with van der Waals surface area (Å²) < 4.78 is 0. The predicted octanol–water partition coefficient (Wildman–Crippen LogP) is 5.15. The first-order chi connectivity index (χ1) is 10.0. The van der Waals surface area contributed by atoms with Crippen LogP contribution in [0.15, 0.2) is 36.4 Å². The molecule has 0 aliphatic rings. The van der Waals surface area contributed by atoms with Gasteiger partial charge in [0.25, 0.3) is 5.91 Å². The minimum Gasteiger partial charge on any atom is -0.321 e. The maximum absolute atomic E-state index is 12.1. The molecule has 1 aromatic heterocycles. The average molecular weight is 323 g/mol. The normalized spacial score (nSPS) is 12.0. The smallest absolute Gasteiger partial charge is 0.275 e. The van der Waals surface area contributed by atoms with Gasteiger partial charge in [0, 0.05) is 5.69 Å². The molecule has 0 saturated carbocycles. The number of carbonyl (C=O) groups is 1. The minimum absolute atomic E-state index is 0.121. The molecule has 2 rings (SSSR count). The second kappa shape index (κ2) is 6.92. The van der Waals surface area contributed by atoms with Crippen molar-refractivity contribution in [3.05, 3.63) is 57.8 Å². The Bertz CT molecular complexity index is 641. The van der Waals surface area contributed by atoms with E-state index in [0.717, 1.165) is 6.42 Å². The number of amides is 1. The van der Waals surface area contributed by atoms with Gasteiger partial charge in [-0.05, 0) is 42.2 Å². The summed E-state index contributed by atoms with van der Waals surface area (Å²) in [6, 6.07) is 10.9. The van der Waals surface area contributed by atoms with E-state index >= 15 is 0 Å². The van der Waals surface area contributed by atoms with Crippen LogP contribution in [0.2, 0.25) is 10.2 Å². The lowest BCUT2D eigenvalue weighted by Gasteiger charge is -2.10. The molecule has 0 bridgehead atoms. The van der Waals surface area contributed by atoms with Gasteiger partial charge in [-0.2, -0.15) is 0 Å². The van der Waals surface area contributed by atoms with Crippen LogP contribution in [0.4, 0.5) is 5.69 Å². The molecule has 0 aliphatic carbocycles. The van der Waals surface area contributed by atoms with Gasteiger partial charge < -0.3 is 5.32 Å². The zero-order chi connectivity index (χ0) is 15.4. The van der Waals surface area contributed by atoms with E-state index in [-0.39, 0.29) is 21.8 Å². The summed E-state index contributed by atoms with van der Waals surface area (Å²) in [6.07, 6.45) is 1.08. The van der Waals surface area contributed by atoms with Crippen LogP contribution >= 0.6 is 23.2 Å². The van der Waals surface area contributed by atoms with Gasteiger partial charge in [-0.3, -0.25) is 4.79 Å². The number of halogens is 2. The summed E-state index contributed by atoms with van der Waals surface area (Å²) >= 11 is 11.7. The van der Waals surface area contributed by atoms with E-state index in [2.05, 4.69) is 24.1 Å². The SMILES string of the molecule is CCC(C)c1ccc(NC(=O)c2nc(Cl)ccc2Cl)cc1. The van der Waals surface area contributed by atoms with Crippen molar-refractivity contribution in [1.82, 2.24) is 4.98 Å². The minimum atomic E-state index is -0.376. The van der Waals surface area contributed by atoms with Crippen LogP contribution in [0.3, 0.4) is 0 Å². The first-order valence-electron chi connectivity index (χ1n) is 6.74. The number of nitrogens with zero attached hydrogens (tertiary/aromatic N) is 1. The molecule has 0 fully saturated rings. The number of hydrogen-bond donors (Lipinski definition) is 1.